The topological polar surface area (TPSA) is 72.6 Å². The second-order valence-corrected chi connectivity index (χ2v) is 5.86. The highest BCUT2D eigenvalue weighted by Crippen LogP contribution is 2.18. The second-order valence-electron chi connectivity index (χ2n) is 5.86. The van der Waals surface area contributed by atoms with E-state index in [4.69, 9.17) is 9.26 Å². The molecule has 134 valence electrons. The number of hydrogen-bond donors (Lipinski definition) is 0. The molecule has 0 aliphatic rings. The number of hydrogen-bond acceptors (Lipinski definition) is 5. The molecule has 26 heavy (non-hydrogen) atoms. The number of carbonyl (C=O) groups is 2. The van der Waals surface area contributed by atoms with Crippen LogP contribution >= 0.6 is 0 Å². The molecule has 0 unspecified atom stereocenters. The van der Waals surface area contributed by atoms with Crippen LogP contribution in [0.2, 0.25) is 0 Å². The minimum absolute atomic E-state index is 0.0326. The third-order valence-electron chi connectivity index (χ3n) is 4.07. The number of benzene rings is 2. The molecular weight excluding hydrogens is 332 g/mol. The van der Waals surface area contributed by atoms with Gasteiger partial charge in [-0.05, 0) is 24.6 Å². The summed E-state index contributed by atoms with van der Waals surface area (Å²) in [5.74, 6) is -0.733. The molecule has 0 radical (unpaired) electrons. The highest BCUT2D eigenvalue weighted by molar-refractivity contribution is 5.85. The third-order valence-corrected chi connectivity index (χ3v) is 4.07. The van der Waals surface area contributed by atoms with Gasteiger partial charge in [0.15, 0.2) is 12.2 Å². The molecule has 0 atom stereocenters. The van der Waals surface area contributed by atoms with E-state index in [0.717, 1.165) is 10.9 Å². The van der Waals surface area contributed by atoms with Crippen molar-refractivity contribution in [3.8, 4) is 0 Å². The summed E-state index contributed by atoms with van der Waals surface area (Å²) in [6.45, 7) is 2.64. The molecule has 6 heteroatoms. The van der Waals surface area contributed by atoms with Crippen LogP contribution in [0.3, 0.4) is 0 Å². The van der Waals surface area contributed by atoms with Crippen molar-refractivity contribution in [2.75, 3.05) is 13.2 Å². The van der Waals surface area contributed by atoms with E-state index in [9.17, 15) is 9.59 Å². The molecule has 0 saturated heterocycles. The molecule has 0 aliphatic carbocycles. The maximum atomic E-state index is 12.3. The number of carbonyl (C=O) groups excluding carboxylic acids is 2. The van der Waals surface area contributed by atoms with E-state index in [0.29, 0.717) is 24.4 Å². The second kappa shape index (κ2) is 8.29. The Kier molecular flexibility index (Phi) is 5.63. The van der Waals surface area contributed by atoms with E-state index in [2.05, 4.69) is 5.16 Å². The molecule has 0 aliphatic heterocycles. The molecule has 6 nitrogen and oxygen atoms in total. The Hall–Kier alpha value is -3.15. The Labute approximate surface area is 151 Å². The highest BCUT2D eigenvalue weighted by Gasteiger charge is 2.17. The summed E-state index contributed by atoms with van der Waals surface area (Å²) in [5, 5.41) is 4.67. The highest BCUT2D eigenvalue weighted by atomic mass is 16.5. The number of esters is 1. The summed E-state index contributed by atoms with van der Waals surface area (Å²) in [6, 6.07) is 17.0. The van der Waals surface area contributed by atoms with E-state index in [1.54, 1.807) is 11.0 Å². The number of para-hydroxylation sites is 1. The van der Waals surface area contributed by atoms with Gasteiger partial charge in [0.2, 0.25) is 0 Å². The van der Waals surface area contributed by atoms with Crippen LogP contribution in [0.1, 0.15) is 18.2 Å². The molecule has 2 aromatic carbocycles. The van der Waals surface area contributed by atoms with Crippen molar-refractivity contribution in [2.45, 2.75) is 19.9 Å². The lowest BCUT2D eigenvalue weighted by atomic mass is 10.2. The molecule has 0 bridgehead atoms. The van der Waals surface area contributed by atoms with Crippen molar-refractivity contribution >= 4 is 22.8 Å². The van der Waals surface area contributed by atoms with Gasteiger partial charge in [0.1, 0.15) is 5.69 Å². The zero-order valence-corrected chi connectivity index (χ0v) is 14.6. The maximum Gasteiger partial charge on any atom is 0.312 e. The van der Waals surface area contributed by atoms with Crippen LogP contribution in [0.15, 0.2) is 59.1 Å². The lowest BCUT2D eigenvalue weighted by molar-refractivity contribution is -0.151. The van der Waals surface area contributed by atoms with E-state index in [1.807, 2.05) is 55.5 Å². The van der Waals surface area contributed by atoms with Gasteiger partial charge in [0.25, 0.3) is 5.91 Å². The van der Waals surface area contributed by atoms with Crippen molar-refractivity contribution in [1.82, 2.24) is 10.1 Å². The summed E-state index contributed by atoms with van der Waals surface area (Å²) < 4.78 is 10.3. The molecule has 0 N–H and O–H groups in total. The molecule has 0 fully saturated rings. The molecule has 3 rings (SSSR count). The van der Waals surface area contributed by atoms with Gasteiger partial charge in [0, 0.05) is 18.5 Å². The number of likely N-dealkylation sites (N-methyl/N-ethyl adjacent to an activating group) is 1. The predicted octanol–water partition coefficient (Wildman–Crippen LogP) is 2.96. The van der Waals surface area contributed by atoms with Gasteiger partial charge in [-0.25, -0.2) is 0 Å². The molecule has 3 aromatic rings. The van der Waals surface area contributed by atoms with Crippen LogP contribution in [-0.2, 0) is 27.3 Å². The first kappa shape index (κ1) is 17.7. The number of nitrogens with zero attached hydrogens (tertiary/aromatic N) is 2. The smallest absolute Gasteiger partial charge is 0.312 e. The minimum Gasteiger partial charge on any atom is -0.455 e. The number of ether oxygens (including phenoxy) is 1. The predicted molar refractivity (Wildman–Crippen MR) is 96.2 cm³/mol. The van der Waals surface area contributed by atoms with Crippen LogP contribution in [0.4, 0.5) is 0 Å². The average Bonchev–Trinajstić information content (AvgIpc) is 3.08. The maximum absolute atomic E-state index is 12.3. The Balaban J connectivity index is 1.53. The number of aromatic nitrogens is 1. The molecule has 1 aromatic heterocycles. The van der Waals surface area contributed by atoms with Crippen molar-refractivity contribution in [3.63, 3.8) is 0 Å². The summed E-state index contributed by atoms with van der Waals surface area (Å²) in [7, 11) is 0. The summed E-state index contributed by atoms with van der Waals surface area (Å²) in [4.78, 5) is 26.0. The normalized spacial score (nSPS) is 10.7. The van der Waals surface area contributed by atoms with Gasteiger partial charge < -0.3 is 14.2 Å². The van der Waals surface area contributed by atoms with Crippen molar-refractivity contribution < 1.29 is 18.8 Å². The largest absolute Gasteiger partial charge is 0.455 e. The number of fused-ring (bicyclic) bond motifs is 1. The fourth-order valence-corrected chi connectivity index (χ4v) is 2.67. The van der Waals surface area contributed by atoms with E-state index in [-0.39, 0.29) is 18.9 Å². The van der Waals surface area contributed by atoms with E-state index < -0.39 is 5.97 Å². The monoisotopic (exact) mass is 352 g/mol. The zero-order valence-electron chi connectivity index (χ0n) is 14.6. The Bertz CT molecular complexity index is 889. The lowest BCUT2D eigenvalue weighted by Crippen LogP contribution is -2.34. The standard InChI is InChI=1S/C20H20N2O4/c1-2-22(13-15-8-4-3-5-9-15)19(23)14-25-20(24)12-17-16-10-6-7-11-18(16)26-21-17/h3-11H,2,12-14H2,1H3. The summed E-state index contributed by atoms with van der Waals surface area (Å²) in [5.41, 5.74) is 2.16. The number of amides is 1. The Morgan fingerprint density at radius 1 is 1.08 bits per heavy atom. The van der Waals surface area contributed by atoms with E-state index >= 15 is 0 Å². The molecule has 1 amide bonds. The average molecular weight is 352 g/mol. The van der Waals surface area contributed by atoms with Crippen LogP contribution < -0.4 is 0 Å². The number of rotatable bonds is 7. The summed E-state index contributed by atoms with van der Waals surface area (Å²) >= 11 is 0. The SMILES string of the molecule is CCN(Cc1ccccc1)C(=O)COC(=O)Cc1noc2ccccc12. The van der Waals surface area contributed by atoms with Crippen molar-refractivity contribution in [2.24, 2.45) is 0 Å². The Morgan fingerprint density at radius 2 is 1.81 bits per heavy atom. The van der Waals surface area contributed by atoms with Gasteiger partial charge in [-0.1, -0.05) is 47.6 Å². The first-order chi connectivity index (χ1) is 12.7. The van der Waals surface area contributed by atoms with Crippen LogP contribution in [0.5, 0.6) is 0 Å². The van der Waals surface area contributed by atoms with Crippen LogP contribution in [0.25, 0.3) is 11.0 Å². The quantitative estimate of drug-likeness (QED) is 0.611. The lowest BCUT2D eigenvalue weighted by Gasteiger charge is -2.20. The summed E-state index contributed by atoms with van der Waals surface area (Å²) in [6.07, 6.45) is -0.0326. The first-order valence-corrected chi connectivity index (χ1v) is 8.48. The zero-order chi connectivity index (χ0) is 18.4. The minimum atomic E-state index is -0.506. The molecule has 0 saturated carbocycles. The molecule has 1 heterocycles. The van der Waals surface area contributed by atoms with Gasteiger partial charge in [-0.3, -0.25) is 9.59 Å². The third kappa shape index (κ3) is 4.27. The van der Waals surface area contributed by atoms with Crippen LogP contribution in [-0.4, -0.2) is 35.1 Å². The molecule has 0 spiro atoms. The Morgan fingerprint density at radius 3 is 2.58 bits per heavy atom. The van der Waals surface area contributed by atoms with Crippen molar-refractivity contribution in [1.29, 1.82) is 0 Å². The van der Waals surface area contributed by atoms with Crippen molar-refractivity contribution in [3.05, 3.63) is 65.9 Å². The molecular formula is C20H20N2O4. The van der Waals surface area contributed by atoms with Gasteiger partial charge in [0.05, 0.1) is 6.42 Å². The van der Waals surface area contributed by atoms with E-state index in [1.165, 1.54) is 0 Å². The fraction of sp³-hybridized carbons (Fsp3) is 0.250. The first-order valence-electron chi connectivity index (χ1n) is 8.48. The fourth-order valence-electron chi connectivity index (χ4n) is 2.67. The van der Waals surface area contributed by atoms with Gasteiger partial charge in [-0.15, -0.1) is 0 Å². The van der Waals surface area contributed by atoms with Gasteiger partial charge in [-0.2, -0.15) is 0 Å². The van der Waals surface area contributed by atoms with Gasteiger partial charge >= 0.3 is 5.97 Å². The van der Waals surface area contributed by atoms with Crippen LogP contribution in [0, 0.1) is 0 Å².